The number of hydrogen-bond donors (Lipinski definition) is 2. The van der Waals surface area contributed by atoms with Crippen molar-refractivity contribution in [3.05, 3.63) is 47.3 Å². The predicted molar refractivity (Wildman–Crippen MR) is 80.2 cm³/mol. The number of carbonyl (C=O) groups excluding carboxylic acids is 1. The van der Waals surface area contributed by atoms with E-state index in [9.17, 15) is 9.18 Å². The first kappa shape index (κ1) is 14.1. The maximum atomic E-state index is 13.1. The molecule has 0 aliphatic rings. The highest BCUT2D eigenvalue weighted by Gasteiger charge is 2.08. The summed E-state index contributed by atoms with van der Waals surface area (Å²) in [6, 6.07) is 4.38. The zero-order valence-corrected chi connectivity index (χ0v) is 12.1. The van der Waals surface area contributed by atoms with Gasteiger partial charge in [-0.25, -0.2) is 19.3 Å². The lowest BCUT2D eigenvalue weighted by Gasteiger charge is -2.05. The molecule has 112 valence electrons. The number of Topliss-reactive ketones (excluding diaryl/α,β-unsaturated/α-hetero) is 1. The van der Waals surface area contributed by atoms with E-state index in [0.717, 1.165) is 0 Å². The molecule has 0 aliphatic carbocycles. The Labute approximate surface area is 125 Å². The van der Waals surface area contributed by atoms with Gasteiger partial charge in [-0.15, -0.1) is 0 Å². The highest BCUT2D eigenvalue weighted by atomic mass is 19.1. The molecule has 0 amide bonds. The number of carbonyl (C=O) groups is 1. The van der Waals surface area contributed by atoms with E-state index in [4.69, 9.17) is 0 Å². The molecule has 0 unspecified atom stereocenters. The monoisotopic (exact) mass is 299 g/mol. The normalized spacial score (nSPS) is 10.9. The summed E-state index contributed by atoms with van der Waals surface area (Å²) in [7, 11) is 0. The van der Waals surface area contributed by atoms with Crippen LogP contribution in [0, 0.1) is 12.7 Å². The lowest BCUT2D eigenvalue weighted by atomic mass is 10.2. The van der Waals surface area contributed by atoms with Crippen LogP contribution in [0.4, 0.5) is 10.3 Å². The van der Waals surface area contributed by atoms with E-state index >= 15 is 0 Å². The molecular formula is C15H14FN5O. The zero-order chi connectivity index (χ0) is 15.7. The van der Waals surface area contributed by atoms with E-state index in [2.05, 4.69) is 25.3 Å². The standard InChI is InChI=1S/C15H14FN5O/c1-8-11(9(2)22)6-17-15(19-8)18-7-14-20-12-4-3-10(16)5-13(12)21-14/h3-6H,7H2,1-2H3,(H,20,21)(H,17,18,19). The molecule has 0 saturated carbocycles. The van der Waals surface area contributed by atoms with Gasteiger partial charge in [0.1, 0.15) is 11.6 Å². The third-order valence-corrected chi connectivity index (χ3v) is 3.27. The SMILES string of the molecule is CC(=O)c1cnc(NCc2nc3ccc(F)cc3[nH]2)nc1C. The van der Waals surface area contributed by atoms with E-state index in [0.29, 0.717) is 40.6 Å². The summed E-state index contributed by atoms with van der Waals surface area (Å²) in [6.45, 7) is 3.61. The number of aromatic amines is 1. The minimum atomic E-state index is -0.311. The molecule has 3 aromatic rings. The van der Waals surface area contributed by atoms with Crippen LogP contribution in [0.2, 0.25) is 0 Å². The number of rotatable bonds is 4. The van der Waals surface area contributed by atoms with Gasteiger partial charge < -0.3 is 10.3 Å². The summed E-state index contributed by atoms with van der Waals surface area (Å²) in [4.78, 5) is 27.0. The summed E-state index contributed by atoms with van der Waals surface area (Å²) in [6.07, 6.45) is 1.50. The Balaban J connectivity index is 1.76. The molecule has 0 radical (unpaired) electrons. The summed E-state index contributed by atoms with van der Waals surface area (Å²) in [5.41, 5.74) is 2.46. The van der Waals surface area contributed by atoms with E-state index in [1.54, 1.807) is 13.0 Å². The van der Waals surface area contributed by atoms with Crippen molar-refractivity contribution in [3.63, 3.8) is 0 Å². The third-order valence-electron chi connectivity index (χ3n) is 3.27. The van der Waals surface area contributed by atoms with Gasteiger partial charge in [-0.05, 0) is 32.0 Å². The predicted octanol–water partition coefficient (Wildman–Crippen LogP) is 2.62. The number of ketones is 1. The number of H-pyrrole nitrogens is 1. The van der Waals surface area contributed by atoms with Crippen molar-refractivity contribution < 1.29 is 9.18 Å². The Morgan fingerprint density at radius 2 is 2.18 bits per heavy atom. The Hall–Kier alpha value is -2.83. The average Bonchev–Trinajstić information content (AvgIpc) is 2.86. The maximum absolute atomic E-state index is 13.1. The Kier molecular flexibility index (Phi) is 3.54. The van der Waals surface area contributed by atoms with Crippen molar-refractivity contribution in [2.75, 3.05) is 5.32 Å². The van der Waals surface area contributed by atoms with Crippen LogP contribution >= 0.6 is 0 Å². The van der Waals surface area contributed by atoms with Crippen LogP contribution in [0.3, 0.4) is 0 Å². The van der Waals surface area contributed by atoms with Crippen molar-refractivity contribution in [1.82, 2.24) is 19.9 Å². The molecule has 0 bridgehead atoms. The number of aryl methyl sites for hydroxylation is 1. The molecule has 1 aromatic carbocycles. The number of nitrogens with zero attached hydrogens (tertiary/aromatic N) is 3. The quantitative estimate of drug-likeness (QED) is 0.723. The molecule has 7 heteroatoms. The van der Waals surface area contributed by atoms with Crippen molar-refractivity contribution in [2.45, 2.75) is 20.4 Å². The topological polar surface area (TPSA) is 83.6 Å². The molecule has 2 aromatic heterocycles. The van der Waals surface area contributed by atoms with Gasteiger partial charge in [0.05, 0.1) is 28.8 Å². The molecule has 3 rings (SSSR count). The molecule has 0 fully saturated rings. The van der Waals surface area contributed by atoms with Gasteiger partial charge in [-0.1, -0.05) is 0 Å². The van der Waals surface area contributed by atoms with Crippen LogP contribution in [0.1, 0.15) is 28.8 Å². The van der Waals surface area contributed by atoms with Crippen LogP contribution in [0.25, 0.3) is 11.0 Å². The molecule has 2 N–H and O–H groups in total. The molecule has 2 heterocycles. The first-order valence-electron chi connectivity index (χ1n) is 6.75. The molecule has 22 heavy (non-hydrogen) atoms. The van der Waals surface area contributed by atoms with Gasteiger partial charge >= 0.3 is 0 Å². The fourth-order valence-corrected chi connectivity index (χ4v) is 2.18. The van der Waals surface area contributed by atoms with Gasteiger partial charge in [-0.2, -0.15) is 0 Å². The molecule has 0 saturated heterocycles. The Morgan fingerprint density at radius 1 is 1.36 bits per heavy atom. The van der Waals surface area contributed by atoms with Crippen LogP contribution in [0.15, 0.2) is 24.4 Å². The number of aromatic nitrogens is 4. The Morgan fingerprint density at radius 3 is 2.91 bits per heavy atom. The number of nitrogens with one attached hydrogen (secondary N) is 2. The first-order valence-corrected chi connectivity index (χ1v) is 6.75. The van der Waals surface area contributed by atoms with Crippen LogP contribution in [-0.2, 0) is 6.54 Å². The summed E-state index contributed by atoms with van der Waals surface area (Å²) in [5.74, 6) is 0.685. The van der Waals surface area contributed by atoms with E-state index in [1.807, 2.05) is 0 Å². The fraction of sp³-hybridized carbons (Fsp3) is 0.200. The molecule has 0 aliphatic heterocycles. The molecule has 0 atom stereocenters. The van der Waals surface area contributed by atoms with Gasteiger partial charge in [0.25, 0.3) is 0 Å². The van der Waals surface area contributed by atoms with Crippen LogP contribution < -0.4 is 5.32 Å². The lowest BCUT2D eigenvalue weighted by Crippen LogP contribution is -2.08. The van der Waals surface area contributed by atoms with Crippen molar-refractivity contribution >= 4 is 22.8 Å². The van der Waals surface area contributed by atoms with Crippen molar-refractivity contribution in [2.24, 2.45) is 0 Å². The van der Waals surface area contributed by atoms with Crippen molar-refractivity contribution in [1.29, 1.82) is 0 Å². The van der Waals surface area contributed by atoms with Gasteiger partial charge in [0.2, 0.25) is 5.95 Å². The second-order valence-electron chi connectivity index (χ2n) is 4.95. The van der Waals surface area contributed by atoms with Crippen LogP contribution in [-0.4, -0.2) is 25.7 Å². The smallest absolute Gasteiger partial charge is 0.223 e. The number of hydrogen-bond acceptors (Lipinski definition) is 5. The largest absolute Gasteiger partial charge is 0.347 e. The Bertz CT molecular complexity index is 858. The second kappa shape index (κ2) is 5.51. The zero-order valence-electron chi connectivity index (χ0n) is 12.1. The number of benzene rings is 1. The fourth-order valence-electron chi connectivity index (χ4n) is 2.18. The summed E-state index contributed by atoms with van der Waals surface area (Å²) < 4.78 is 13.1. The number of fused-ring (bicyclic) bond motifs is 1. The van der Waals surface area contributed by atoms with E-state index in [-0.39, 0.29) is 11.6 Å². The maximum Gasteiger partial charge on any atom is 0.223 e. The minimum Gasteiger partial charge on any atom is -0.347 e. The van der Waals surface area contributed by atoms with Gasteiger partial charge in [0.15, 0.2) is 5.78 Å². The third kappa shape index (κ3) is 2.78. The van der Waals surface area contributed by atoms with Gasteiger partial charge in [0, 0.05) is 6.20 Å². The number of imidazole rings is 1. The van der Waals surface area contributed by atoms with E-state index in [1.165, 1.54) is 25.3 Å². The van der Waals surface area contributed by atoms with Crippen molar-refractivity contribution in [3.8, 4) is 0 Å². The summed E-state index contributed by atoms with van der Waals surface area (Å²) >= 11 is 0. The number of halogens is 1. The van der Waals surface area contributed by atoms with Crippen LogP contribution in [0.5, 0.6) is 0 Å². The molecule has 0 spiro atoms. The average molecular weight is 299 g/mol. The highest BCUT2D eigenvalue weighted by Crippen LogP contribution is 2.14. The van der Waals surface area contributed by atoms with E-state index < -0.39 is 0 Å². The summed E-state index contributed by atoms with van der Waals surface area (Å²) in [5, 5.41) is 3.02. The van der Waals surface area contributed by atoms with Gasteiger partial charge in [-0.3, -0.25) is 4.79 Å². The lowest BCUT2D eigenvalue weighted by molar-refractivity contribution is 0.101. The second-order valence-corrected chi connectivity index (χ2v) is 4.95. The minimum absolute atomic E-state index is 0.0663. The first-order chi connectivity index (χ1) is 10.5. The highest BCUT2D eigenvalue weighted by molar-refractivity contribution is 5.94. The molecular weight excluding hydrogens is 285 g/mol. The number of anilines is 1. The molecule has 6 nitrogen and oxygen atoms in total.